The Morgan fingerprint density at radius 1 is 1.32 bits per heavy atom. The van der Waals surface area contributed by atoms with Crippen LogP contribution in [0.25, 0.3) is 23.3 Å². The van der Waals surface area contributed by atoms with E-state index in [2.05, 4.69) is 10.1 Å². The van der Waals surface area contributed by atoms with Gasteiger partial charge in [-0.05, 0) is 25.1 Å². The lowest BCUT2D eigenvalue weighted by Gasteiger charge is -2.13. The minimum Gasteiger partial charge on any atom is -0.505 e. The maximum Gasteiger partial charge on any atom is 0.278 e. The van der Waals surface area contributed by atoms with Crippen molar-refractivity contribution in [3.05, 3.63) is 61.2 Å². The number of benzene rings is 1. The van der Waals surface area contributed by atoms with Crippen molar-refractivity contribution in [2.75, 3.05) is 0 Å². The lowest BCUT2D eigenvalue weighted by molar-refractivity contribution is 0.460. The van der Waals surface area contributed by atoms with Crippen LogP contribution in [0.4, 0.5) is 4.39 Å². The molecule has 0 aliphatic carbocycles. The van der Waals surface area contributed by atoms with Gasteiger partial charge in [0, 0.05) is 34.3 Å². The molecule has 0 unspecified atom stereocenters. The highest BCUT2D eigenvalue weighted by Gasteiger charge is 2.22. The molecule has 2 heterocycles. The molecular formula is C17H13ClFN3O2S. The highest BCUT2D eigenvalue weighted by atomic mass is 35.5. The molecule has 0 saturated heterocycles. The van der Waals surface area contributed by atoms with Crippen molar-refractivity contribution in [1.82, 2.24) is 14.8 Å². The van der Waals surface area contributed by atoms with E-state index in [0.717, 1.165) is 15.6 Å². The van der Waals surface area contributed by atoms with Gasteiger partial charge in [0.15, 0.2) is 5.75 Å². The Balaban J connectivity index is 2.31. The highest BCUT2D eigenvalue weighted by Crippen LogP contribution is 2.36. The molecule has 1 aromatic carbocycles. The van der Waals surface area contributed by atoms with Gasteiger partial charge in [-0.3, -0.25) is 9.78 Å². The van der Waals surface area contributed by atoms with Crippen LogP contribution in [0.2, 0.25) is 5.02 Å². The summed E-state index contributed by atoms with van der Waals surface area (Å²) in [5, 5.41) is 14.5. The normalized spacial score (nSPS) is 11.4. The number of aromatic hydroxyl groups is 1. The number of halogens is 2. The van der Waals surface area contributed by atoms with Gasteiger partial charge in [0.05, 0.1) is 11.1 Å². The Bertz CT molecular complexity index is 1030. The zero-order valence-electron chi connectivity index (χ0n) is 13.3. The molecular weight excluding hydrogens is 365 g/mol. The summed E-state index contributed by atoms with van der Waals surface area (Å²) in [7, 11) is 1.44. The predicted molar refractivity (Wildman–Crippen MR) is 97.3 cm³/mol. The Morgan fingerprint density at radius 2 is 2.08 bits per heavy atom. The Kier molecular flexibility index (Phi) is 4.69. The van der Waals surface area contributed by atoms with Crippen molar-refractivity contribution in [2.45, 2.75) is 6.92 Å². The lowest BCUT2D eigenvalue weighted by atomic mass is 9.98. The summed E-state index contributed by atoms with van der Waals surface area (Å²) in [5.41, 5.74) is 1.34. The molecule has 0 spiro atoms. The van der Waals surface area contributed by atoms with Gasteiger partial charge in [-0.25, -0.2) is 9.07 Å². The third-order valence-electron chi connectivity index (χ3n) is 3.64. The largest absolute Gasteiger partial charge is 0.505 e. The van der Waals surface area contributed by atoms with Crippen LogP contribution in [0.3, 0.4) is 0 Å². The van der Waals surface area contributed by atoms with Gasteiger partial charge in [0.1, 0.15) is 11.5 Å². The molecule has 1 N–H and O–H groups in total. The molecule has 5 nitrogen and oxygen atoms in total. The highest BCUT2D eigenvalue weighted by molar-refractivity contribution is 7.10. The summed E-state index contributed by atoms with van der Waals surface area (Å²) >= 11 is 7.64. The molecule has 0 aliphatic rings. The zero-order valence-corrected chi connectivity index (χ0v) is 14.9. The molecule has 3 rings (SSSR count). The van der Waals surface area contributed by atoms with Crippen LogP contribution in [-0.4, -0.2) is 19.9 Å². The number of hydrogen-bond acceptors (Lipinski definition) is 5. The summed E-state index contributed by atoms with van der Waals surface area (Å²) in [5.74, 6) is -1.02. The molecule has 0 bridgehead atoms. The molecule has 2 aromatic heterocycles. The summed E-state index contributed by atoms with van der Waals surface area (Å²) in [6, 6.07) is 2.57. The summed E-state index contributed by atoms with van der Waals surface area (Å²) in [6.07, 6.45) is 4.97. The number of rotatable bonds is 3. The molecule has 8 heteroatoms. The van der Waals surface area contributed by atoms with Gasteiger partial charge in [0.25, 0.3) is 5.56 Å². The number of thiazole rings is 1. The molecule has 0 atom stereocenters. The van der Waals surface area contributed by atoms with E-state index in [1.807, 2.05) is 0 Å². The second-order valence-electron chi connectivity index (χ2n) is 5.29. The first kappa shape index (κ1) is 17.3. The van der Waals surface area contributed by atoms with Crippen molar-refractivity contribution < 1.29 is 9.50 Å². The second kappa shape index (κ2) is 6.78. The summed E-state index contributed by atoms with van der Waals surface area (Å²) in [6.45, 7) is 1.54. The molecule has 0 amide bonds. The Labute approximate surface area is 151 Å². The minimum absolute atomic E-state index is 0.0585. The number of nitrogens with zero attached hydrogens (tertiary/aromatic N) is 3. The molecule has 0 radical (unpaired) electrons. The topological polar surface area (TPSA) is 68.0 Å². The predicted octanol–water partition coefficient (Wildman–Crippen LogP) is 3.88. The standard InChI is InChI=1S/C17H13ClFN3O2S/c1-9-16(23)15(17(24)22(2)21-9)14-11(12(18)5-6-13(14)19)4-3-10-7-20-8-25-10/h3-8,23H,1-2H3/b4-3+. The van der Waals surface area contributed by atoms with E-state index in [1.165, 1.54) is 31.4 Å². The first-order valence-corrected chi connectivity index (χ1v) is 8.47. The van der Waals surface area contributed by atoms with Crippen molar-refractivity contribution in [1.29, 1.82) is 0 Å². The van der Waals surface area contributed by atoms with Crippen LogP contribution in [-0.2, 0) is 7.05 Å². The van der Waals surface area contributed by atoms with E-state index in [0.29, 0.717) is 5.56 Å². The van der Waals surface area contributed by atoms with Crippen LogP contribution in [0.1, 0.15) is 16.1 Å². The van der Waals surface area contributed by atoms with Crippen LogP contribution in [0.5, 0.6) is 5.75 Å². The third kappa shape index (κ3) is 3.20. The maximum atomic E-state index is 14.6. The van der Waals surface area contributed by atoms with Crippen LogP contribution >= 0.6 is 22.9 Å². The van der Waals surface area contributed by atoms with Crippen LogP contribution < -0.4 is 5.56 Å². The Hall–Kier alpha value is -2.51. The lowest BCUT2D eigenvalue weighted by Crippen LogP contribution is -2.23. The van der Waals surface area contributed by atoms with Crippen molar-refractivity contribution in [3.8, 4) is 16.9 Å². The summed E-state index contributed by atoms with van der Waals surface area (Å²) in [4.78, 5) is 17.3. The molecule has 3 aromatic rings. The minimum atomic E-state index is -0.661. The summed E-state index contributed by atoms with van der Waals surface area (Å²) < 4.78 is 15.7. The van der Waals surface area contributed by atoms with Crippen molar-refractivity contribution >= 4 is 35.1 Å². The van der Waals surface area contributed by atoms with Gasteiger partial charge >= 0.3 is 0 Å². The van der Waals surface area contributed by atoms with Gasteiger partial charge in [0.2, 0.25) is 0 Å². The molecule has 0 aliphatic heterocycles. The molecule has 0 fully saturated rings. The van der Waals surface area contributed by atoms with Crippen molar-refractivity contribution in [3.63, 3.8) is 0 Å². The van der Waals surface area contributed by atoms with Gasteiger partial charge < -0.3 is 5.11 Å². The third-order valence-corrected chi connectivity index (χ3v) is 4.71. The van der Waals surface area contributed by atoms with Gasteiger partial charge in [-0.15, -0.1) is 11.3 Å². The van der Waals surface area contributed by atoms with Crippen molar-refractivity contribution in [2.24, 2.45) is 7.05 Å². The average molecular weight is 378 g/mol. The zero-order chi connectivity index (χ0) is 18.1. The maximum absolute atomic E-state index is 14.6. The first-order chi connectivity index (χ1) is 11.9. The average Bonchev–Trinajstić information content (AvgIpc) is 3.09. The Morgan fingerprint density at radius 3 is 2.76 bits per heavy atom. The monoisotopic (exact) mass is 377 g/mol. The smallest absolute Gasteiger partial charge is 0.278 e. The number of hydrogen-bond donors (Lipinski definition) is 1. The number of aryl methyl sites for hydroxylation is 2. The van der Waals surface area contributed by atoms with E-state index in [4.69, 9.17) is 11.6 Å². The fraction of sp³-hybridized carbons (Fsp3) is 0.118. The fourth-order valence-electron chi connectivity index (χ4n) is 2.45. The van der Waals surface area contributed by atoms with E-state index < -0.39 is 11.4 Å². The van der Waals surface area contributed by atoms with Gasteiger partial charge in [-0.1, -0.05) is 17.7 Å². The SMILES string of the molecule is Cc1nn(C)c(=O)c(-c2c(F)ccc(Cl)c2/C=C/c2cncs2)c1O. The quantitative estimate of drug-likeness (QED) is 0.752. The van der Waals surface area contributed by atoms with E-state index in [9.17, 15) is 14.3 Å². The van der Waals surface area contributed by atoms with Crippen LogP contribution in [0, 0.1) is 12.7 Å². The molecule has 128 valence electrons. The number of aromatic nitrogens is 3. The van der Waals surface area contributed by atoms with E-state index >= 15 is 0 Å². The van der Waals surface area contributed by atoms with Crippen LogP contribution in [0.15, 0.2) is 28.6 Å². The van der Waals surface area contributed by atoms with E-state index in [-0.39, 0.29) is 27.6 Å². The molecule has 0 saturated carbocycles. The molecule has 25 heavy (non-hydrogen) atoms. The second-order valence-corrected chi connectivity index (χ2v) is 6.62. The van der Waals surface area contributed by atoms with E-state index in [1.54, 1.807) is 23.9 Å². The fourth-order valence-corrected chi connectivity index (χ4v) is 3.18. The first-order valence-electron chi connectivity index (χ1n) is 7.22. The van der Waals surface area contributed by atoms with Gasteiger partial charge in [-0.2, -0.15) is 5.10 Å².